The van der Waals surface area contributed by atoms with E-state index in [1.54, 1.807) is 0 Å². The fourth-order valence-electron chi connectivity index (χ4n) is 3.68. The van der Waals surface area contributed by atoms with E-state index in [2.05, 4.69) is 29.3 Å². The number of guanidine groups is 1. The van der Waals surface area contributed by atoms with Crippen molar-refractivity contribution in [1.82, 2.24) is 10.2 Å². The van der Waals surface area contributed by atoms with Crippen LogP contribution in [-0.2, 0) is 16.0 Å². The molecule has 0 amide bonds. The number of hydrogen-bond donors (Lipinski definition) is 1. The molecule has 0 spiro atoms. The van der Waals surface area contributed by atoms with Gasteiger partial charge in [-0.05, 0) is 31.9 Å². The summed E-state index contributed by atoms with van der Waals surface area (Å²) < 4.78 is 17.7. The van der Waals surface area contributed by atoms with Crippen LogP contribution < -0.4 is 5.32 Å². The molecule has 0 radical (unpaired) electrons. The molecular formula is C20H28IN3O3. The third-order valence-corrected chi connectivity index (χ3v) is 4.97. The highest BCUT2D eigenvalue weighted by Crippen LogP contribution is 2.22. The van der Waals surface area contributed by atoms with Crippen molar-refractivity contribution in [3.8, 4) is 0 Å². The first-order chi connectivity index (χ1) is 12.8. The monoisotopic (exact) mass is 485 g/mol. The molecule has 2 atom stereocenters. The number of nitrogens with one attached hydrogen (secondary N) is 1. The summed E-state index contributed by atoms with van der Waals surface area (Å²) >= 11 is 0. The molecule has 6 nitrogen and oxygen atoms in total. The molecule has 0 aliphatic carbocycles. The molecule has 148 valence electrons. The first kappa shape index (κ1) is 20.4. The number of halogens is 1. The van der Waals surface area contributed by atoms with Gasteiger partial charge in [-0.1, -0.05) is 18.2 Å². The van der Waals surface area contributed by atoms with Crippen LogP contribution in [0.4, 0.5) is 0 Å². The van der Waals surface area contributed by atoms with E-state index < -0.39 is 0 Å². The molecule has 2 aliphatic rings. The Morgan fingerprint density at radius 3 is 2.85 bits per heavy atom. The Kier molecular flexibility index (Phi) is 7.37. The normalized spacial score (nSPS) is 23.4. The van der Waals surface area contributed by atoms with Gasteiger partial charge in [0.15, 0.2) is 5.96 Å². The second kappa shape index (κ2) is 9.75. The van der Waals surface area contributed by atoms with Crippen LogP contribution in [0, 0.1) is 0 Å². The third kappa shape index (κ3) is 4.94. The Morgan fingerprint density at radius 1 is 1.22 bits per heavy atom. The molecule has 2 unspecified atom stereocenters. The quantitative estimate of drug-likeness (QED) is 0.409. The van der Waals surface area contributed by atoms with Crippen molar-refractivity contribution in [2.75, 3.05) is 32.8 Å². The van der Waals surface area contributed by atoms with Gasteiger partial charge in [-0.25, -0.2) is 4.99 Å². The van der Waals surface area contributed by atoms with Crippen LogP contribution >= 0.6 is 24.0 Å². The van der Waals surface area contributed by atoms with Gasteiger partial charge >= 0.3 is 0 Å². The van der Waals surface area contributed by atoms with Crippen LogP contribution in [0.3, 0.4) is 0 Å². The fraction of sp³-hybridized carbons (Fsp3) is 0.550. The molecule has 2 aromatic rings. The lowest BCUT2D eigenvalue weighted by Gasteiger charge is -2.37. The average molecular weight is 485 g/mol. The number of nitrogens with zero attached hydrogens (tertiary/aromatic N) is 2. The van der Waals surface area contributed by atoms with E-state index in [0.29, 0.717) is 13.2 Å². The molecule has 1 aromatic carbocycles. The number of fused-ring (bicyclic) bond motifs is 1. The maximum atomic E-state index is 5.96. The highest BCUT2D eigenvalue weighted by molar-refractivity contribution is 14.0. The number of hydrogen-bond acceptors (Lipinski definition) is 4. The van der Waals surface area contributed by atoms with Crippen molar-refractivity contribution in [1.29, 1.82) is 0 Å². The van der Waals surface area contributed by atoms with Gasteiger partial charge in [-0.2, -0.15) is 0 Å². The zero-order valence-corrected chi connectivity index (χ0v) is 18.1. The van der Waals surface area contributed by atoms with Crippen LogP contribution in [0.25, 0.3) is 11.0 Å². The second-order valence-electron chi connectivity index (χ2n) is 6.83. The van der Waals surface area contributed by atoms with Gasteiger partial charge in [0.2, 0.25) is 0 Å². The van der Waals surface area contributed by atoms with E-state index in [1.165, 1.54) is 0 Å². The van der Waals surface area contributed by atoms with Gasteiger partial charge in [0, 0.05) is 31.6 Å². The predicted molar refractivity (Wildman–Crippen MR) is 117 cm³/mol. The van der Waals surface area contributed by atoms with Crippen molar-refractivity contribution in [3.63, 3.8) is 0 Å². The first-order valence-electron chi connectivity index (χ1n) is 9.57. The van der Waals surface area contributed by atoms with Crippen LogP contribution in [0.5, 0.6) is 0 Å². The van der Waals surface area contributed by atoms with Crippen molar-refractivity contribution in [3.05, 3.63) is 36.1 Å². The van der Waals surface area contributed by atoms with Crippen molar-refractivity contribution >= 4 is 40.9 Å². The second-order valence-corrected chi connectivity index (χ2v) is 6.83. The topological polar surface area (TPSA) is 59.2 Å². The molecule has 0 saturated carbocycles. The maximum absolute atomic E-state index is 5.96. The van der Waals surface area contributed by atoms with Gasteiger partial charge in [0.1, 0.15) is 24.0 Å². The van der Waals surface area contributed by atoms with Crippen LogP contribution in [-0.4, -0.2) is 55.9 Å². The van der Waals surface area contributed by atoms with E-state index in [-0.39, 0.29) is 36.2 Å². The van der Waals surface area contributed by atoms with Crippen molar-refractivity contribution in [2.45, 2.75) is 38.5 Å². The molecule has 3 heterocycles. The van der Waals surface area contributed by atoms with Gasteiger partial charge in [0.05, 0.1) is 12.7 Å². The van der Waals surface area contributed by atoms with Crippen molar-refractivity contribution in [2.24, 2.45) is 4.99 Å². The number of aliphatic imine (C=N–C) groups is 1. The Morgan fingerprint density at radius 2 is 2.07 bits per heavy atom. The molecule has 2 fully saturated rings. The van der Waals surface area contributed by atoms with Crippen LogP contribution in [0.15, 0.2) is 39.7 Å². The molecule has 7 heteroatoms. The number of morpholine rings is 1. The van der Waals surface area contributed by atoms with E-state index in [0.717, 1.165) is 61.8 Å². The van der Waals surface area contributed by atoms with E-state index >= 15 is 0 Å². The number of para-hydroxylation sites is 1. The predicted octanol–water partition coefficient (Wildman–Crippen LogP) is 3.40. The SMILES string of the molecule is CCNC(=NCc1cc2ccccc2o1)N1CCOC(C2CCCO2)C1.I. The molecule has 2 saturated heterocycles. The van der Waals surface area contributed by atoms with Crippen molar-refractivity contribution < 1.29 is 13.9 Å². The third-order valence-electron chi connectivity index (χ3n) is 4.97. The number of benzene rings is 1. The summed E-state index contributed by atoms with van der Waals surface area (Å²) in [6.07, 6.45) is 2.56. The summed E-state index contributed by atoms with van der Waals surface area (Å²) in [4.78, 5) is 7.08. The molecule has 0 bridgehead atoms. The number of ether oxygens (including phenoxy) is 2. The Balaban J connectivity index is 0.00000210. The van der Waals surface area contributed by atoms with Gasteiger partial charge in [0.25, 0.3) is 0 Å². The minimum atomic E-state index is 0. The van der Waals surface area contributed by atoms with E-state index in [4.69, 9.17) is 18.9 Å². The summed E-state index contributed by atoms with van der Waals surface area (Å²) in [5.41, 5.74) is 0.910. The summed E-state index contributed by atoms with van der Waals surface area (Å²) in [7, 11) is 0. The minimum Gasteiger partial charge on any atom is -0.459 e. The van der Waals surface area contributed by atoms with Crippen LogP contribution in [0.1, 0.15) is 25.5 Å². The Hall–Kier alpha value is -1.32. The first-order valence-corrected chi connectivity index (χ1v) is 9.57. The lowest BCUT2D eigenvalue weighted by molar-refractivity contribution is -0.0817. The summed E-state index contributed by atoms with van der Waals surface area (Å²) in [5, 5.41) is 4.52. The summed E-state index contributed by atoms with van der Waals surface area (Å²) in [6, 6.07) is 10.1. The maximum Gasteiger partial charge on any atom is 0.194 e. The van der Waals surface area contributed by atoms with E-state index in [9.17, 15) is 0 Å². The van der Waals surface area contributed by atoms with Crippen LogP contribution in [0.2, 0.25) is 0 Å². The largest absolute Gasteiger partial charge is 0.459 e. The fourth-order valence-corrected chi connectivity index (χ4v) is 3.68. The summed E-state index contributed by atoms with van der Waals surface area (Å²) in [5.74, 6) is 1.80. The summed E-state index contributed by atoms with van der Waals surface area (Å²) in [6.45, 7) is 6.67. The van der Waals surface area contributed by atoms with E-state index in [1.807, 2.05) is 18.2 Å². The number of rotatable bonds is 4. The molecule has 2 aliphatic heterocycles. The lowest BCUT2D eigenvalue weighted by Crippen LogP contribution is -2.53. The highest BCUT2D eigenvalue weighted by atomic mass is 127. The smallest absolute Gasteiger partial charge is 0.194 e. The van der Waals surface area contributed by atoms with Gasteiger partial charge in [-0.15, -0.1) is 24.0 Å². The molecular weight excluding hydrogens is 457 g/mol. The Labute approximate surface area is 177 Å². The minimum absolute atomic E-state index is 0. The number of furan rings is 1. The molecule has 1 aromatic heterocycles. The highest BCUT2D eigenvalue weighted by Gasteiger charge is 2.32. The molecule has 1 N–H and O–H groups in total. The average Bonchev–Trinajstić information content (AvgIpc) is 3.34. The molecule has 4 rings (SSSR count). The Bertz CT molecular complexity index is 725. The zero-order chi connectivity index (χ0) is 17.8. The van der Waals surface area contributed by atoms with Gasteiger partial charge < -0.3 is 24.1 Å². The standard InChI is InChI=1S/C20H27N3O3.HI/c1-2-21-20(22-13-16-12-15-6-3-4-7-17(15)26-16)23-9-11-25-19(14-23)18-8-5-10-24-18;/h3-4,6-7,12,18-19H,2,5,8-11,13-14H2,1H3,(H,21,22);1H. The zero-order valence-electron chi connectivity index (χ0n) is 15.7. The molecule has 27 heavy (non-hydrogen) atoms. The lowest BCUT2D eigenvalue weighted by atomic mass is 10.1. The van der Waals surface area contributed by atoms with Gasteiger partial charge in [-0.3, -0.25) is 0 Å².